The van der Waals surface area contributed by atoms with Gasteiger partial charge in [0.2, 0.25) is 0 Å². The monoisotopic (exact) mass is 302 g/mol. The molecule has 0 saturated heterocycles. The number of nitrogens with two attached hydrogens (primary N) is 1. The van der Waals surface area contributed by atoms with E-state index in [9.17, 15) is 0 Å². The molecule has 0 spiro atoms. The van der Waals surface area contributed by atoms with Crippen LogP contribution in [0.2, 0.25) is 0 Å². The van der Waals surface area contributed by atoms with E-state index in [1.807, 2.05) is 11.3 Å². The van der Waals surface area contributed by atoms with Gasteiger partial charge < -0.3 is 0 Å². The molecule has 3 N–H and O–H groups in total. The standard InChI is InChI=1S/C18H26N2S/c1-5-15-10-11-17(21-15)16(20-19)12-13-6-8-14(9-7-13)18(2,3)4/h6-11,16,20H,5,12,19H2,1-4H3. The third-order valence-electron chi connectivity index (χ3n) is 3.84. The fourth-order valence-electron chi connectivity index (χ4n) is 2.39. The Hall–Kier alpha value is -1.16. The second-order valence-corrected chi connectivity index (χ2v) is 7.73. The molecular formula is C18H26N2S. The topological polar surface area (TPSA) is 38.0 Å². The zero-order valence-corrected chi connectivity index (χ0v) is 14.3. The van der Waals surface area contributed by atoms with Gasteiger partial charge in [0.25, 0.3) is 0 Å². The average molecular weight is 302 g/mol. The Morgan fingerprint density at radius 1 is 1.10 bits per heavy atom. The van der Waals surface area contributed by atoms with Crippen molar-refractivity contribution in [3.05, 3.63) is 57.3 Å². The van der Waals surface area contributed by atoms with Crippen LogP contribution in [-0.4, -0.2) is 0 Å². The number of aryl methyl sites for hydroxylation is 1. The molecule has 0 amide bonds. The molecule has 0 aliphatic carbocycles. The van der Waals surface area contributed by atoms with Crippen molar-refractivity contribution in [3.63, 3.8) is 0 Å². The van der Waals surface area contributed by atoms with Crippen LogP contribution in [0.1, 0.15) is 54.6 Å². The predicted octanol–water partition coefficient (Wildman–Crippen LogP) is 4.36. The maximum absolute atomic E-state index is 5.76. The lowest BCUT2D eigenvalue weighted by molar-refractivity contribution is 0.559. The fraction of sp³-hybridized carbons (Fsp3) is 0.444. The molecule has 0 saturated carbocycles. The van der Waals surface area contributed by atoms with E-state index in [-0.39, 0.29) is 11.5 Å². The smallest absolute Gasteiger partial charge is 0.0593 e. The number of hydrogen-bond donors (Lipinski definition) is 2. The summed E-state index contributed by atoms with van der Waals surface area (Å²) in [7, 11) is 0. The third kappa shape index (κ3) is 4.16. The van der Waals surface area contributed by atoms with Crippen LogP contribution in [0.4, 0.5) is 0 Å². The minimum absolute atomic E-state index is 0.191. The van der Waals surface area contributed by atoms with E-state index in [1.54, 1.807) is 0 Å². The second-order valence-electron chi connectivity index (χ2n) is 6.53. The van der Waals surface area contributed by atoms with Crippen molar-refractivity contribution < 1.29 is 0 Å². The molecule has 0 aliphatic rings. The summed E-state index contributed by atoms with van der Waals surface area (Å²) in [5.74, 6) is 5.76. The maximum Gasteiger partial charge on any atom is 0.0593 e. The van der Waals surface area contributed by atoms with E-state index in [0.717, 1.165) is 12.8 Å². The lowest BCUT2D eigenvalue weighted by Crippen LogP contribution is -2.29. The van der Waals surface area contributed by atoms with Crippen LogP contribution in [0, 0.1) is 0 Å². The van der Waals surface area contributed by atoms with Crippen molar-refractivity contribution in [3.8, 4) is 0 Å². The van der Waals surface area contributed by atoms with Crippen molar-refractivity contribution in [2.45, 2.75) is 52.0 Å². The van der Waals surface area contributed by atoms with Gasteiger partial charge in [-0.25, -0.2) is 0 Å². The quantitative estimate of drug-likeness (QED) is 0.636. The molecule has 1 aromatic carbocycles. The Labute approximate surface area is 132 Å². The summed E-state index contributed by atoms with van der Waals surface area (Å²) in [5.41, 5.74) is 5.85. The number of benzene rings is 1. The van der Waals surface area contributed by atoms with Crippen LogP contribution in [-0.2, 0) is 18.3 Å². The Balaban J connectivity index is 2.11. The third-order valence-corrected chi connectivity index (χ3v) is 5.18. The first kappa shape index (κ1) is 16.2. The lowest BCUT2D eigenvalue weighted by atomic mass is 9.86. The van der Waals surface area contributed by atoms with Crippen LogP contribution in [0.3, 0.4) is 0 Å². The highest BCUT2D eigenvalue weighted by Crippen LogP contribution is 2.27. The second kappa shape index (κ2) is 6.73. The summed E-state index contributed by atoms with van der Waals surface area (Å²) in [4.78, 5) is 2.72. The van der Waals surface area contributed by atoms with Gasteiger partial charge in [-0.15, -0.1) is 11.3 Å². The van der Waals surface area contributed by atoms with Gasteiger partial charge in [-0.3, -0.25) is 11.3 Å². The Morgan fingerprint density at radius 3 is 2.24 bits per heavy atom. The average Bonchev–Trinajstić information content (AvgIpc) is 2.93. The van der Waals surface area contributed by atoms with Gasteiger partial charge in [-0.2, -0.15) is 0 Å². The summed E-state index contributed by atoms with van der Waals surface area (Å²) >= 11 is 1.85. The van der Waals surface area contributed by atoms with E-state index >= 15 is 0 Å². The molecule has 1 heterocycles. The van der Waals surface area contributed by atoms with Gasteiger partial charge in [0.1, 0.15) is 0 Å². The highest BCUT2D eigenvalue weighted by Gasteiger charge is 2.15. The summed E-state index contributed by atoms with van der Waals surface area (Å²) in [6.45, 7) is 8.91. The number of hydrogen-bond acceptors (Lipinski definition) is 3. The molecule has 2 aromatic rings. The van der Waals surface area contributed by atoms with E-state index in [2.05, 4.69) is 69.5 Å². The summed E-state index contributed by atoms with van der Waals surface area (Å²) in [5, 5.41) is 0. The predicted molar refractivity (Wildman–Crippen MR) is 92.6 cm³/mol. The number of nitrogens with one attached hydrogen (secondary N) is 1. The largest absolute Gasteiger partial charge is 0.271 e. The minimum Gasteiger partial charge on any atom is -0.271 e. The SMILES string of the molecule is CCc1ccc(C(Cc2ccc(C(C)(C)C)cc2)NN)s1. The van der Waals surface area contributed by atoms with Gasteiger partial charge in [-0.05, 0) is 41.5 Å². The van der Waals surface area contributed by atoms with E-state index < -0.39 is 0 Å². The van der Waals surface area contributed by atoms with Crippen LogP contribution >= 0.6 is 11.3 Å². The van der Waals surface area contributed by atoms with Gasteiger partial charge >= 0.3 is 0 Å². The molecule has 2 rings (SSSR count). The van der Waals surface area contributed by atoms with Crippen molar-refractivity contribution >= 4 is 11.3 Å². The number of hydrazine groups is 1. The first-order valence-electron chi connectivity index (χ1n) is 7.58. The first-order valence-corrected chi connectivity index (χ1v) is 8.40. The van der Waals surface area contributed by atoms with Crippen molar-refractivity contribution in [2.75, 3.05) is 0 Å². The van der Waals surface area contributed by atoms with Crippen LogP contribution < -0.4 is 11.3 Å². The van der Waals surface area contributed by atoms with Crippen LogP contribution in [0.5, 0.6) is 0 Å². The molecule has 21 heavy (non-hydrogen) atoms. The van der Waals surface area contributed by atoms with E-state index in [0.29, 0.717) is 0 Å². The summed E-state index contributed by atoms with van der Waals surface area (Å²) in [6, 6.07) is 13.5. The molecule has 0 bridgehead atoms. The molecule has 3 heteroatoms. The molecule has 0 fully saturated rings. The molecule has 2 nitrogen and oxygen atoms in total. The molecule has 1 unspecified atom stereocenters. The normalized spacial score (nSPS) is 13.4. The van der Waals surface area contributed by atoms with E-state index in [1.165, 1.54) is 20.9 Å². The Kier molecular flexibility index (Phi) is 5.20. The van der Waals surface area contributed by atoms with E-state index in [4.69, 9.17) is 5.84 Å². The molecule has 1 atom stereocenters. The maximum atomic E-state index is 5.76. The first-order chi connectivity index (χ1) is 9.94. The summed E-state index contributed by atoms with van der Waals surface area (Å²) in [6.07, 6.45) is 2.01. The highest BCUT2D eigenvalue weighted by atomic mass is 32.1. The Bertz CT molecular complexity index is 564. The van der Waals surface area contributed by atoms with Crippen molar-refractivity contribution in [1.29, 1.82) is 0 Å². The zero-order chi connectivity index (χ0) is 15.5. The van der Waals surface area contributed by atoms with Crippen molar-refractivity contribution in [2.24, 2.45) is 5.84 Å². The zero-order valence-electron chi connectivity index (χ0n) is 13.4. The van der Waals surface area contributed by atoms with Gasteiger partial charge in [0, 0.05) is 9.75 Å². The minimum atomic E-state index is 0.191. The number of thiophene rings is 1. The fourth-order valence-corrected chi connectivity index (χ4v) is 3.40. The van der Waals surface area contributed by atoms with Gasteiger partial charge in [-0.1, -0.05) is 52.0 Å². The molecule has 0 radical (unpaired) electrons. The molecule has 1 aromatic heterocycles. The lowest BCUT2D eigenvalue weighted by Gasteiger charge is -2.20. The highest BCUT2D eigenvalue weighted by molar-refractivity contribution is 7.12. The van der Waals surface area contributed by atoms with Gasteiger partial charge in [0.05, 0.1) is 6.04 Å². The van der Waals surface area contributed by atoms with Crippen molar-refractivity contribution in [1.82, 2.24) is 5.43 Å². The van der Waals surface area contributed by atoms with Crippen LogP contribution in [0.15, 0.2) is 36.4 Å². The molecular weight excluding hydrogens is 276 g/mol. The van der Waals surface area contributed by atoms with Gasteiger partial charge in [0.15, 0.2) is 0 Å². The molecule has 0 aliphatic heterocycles. The summed E-state index contributed by atoms with van der Waals surface area (Å²) < 4.78 is 0. The molecule has 114 valence electrons. The van der Waals surface area contributed by atoms with Crippen LogP contribution in [0.25, 0.3) is 0 Å². The Morgan fingerprint density at radius 2 is 1.76 bits per heavy atom. The number of rotatable bonds is 5.